The highest BCUT2D eigenvalue weighted by atomic mass is 16.1. The first-order valence-corrected chi connectivity index (χ1v) is 8.07. The molecule has 0 spiro atoms. The molecule has 0 aromatic heterocycles. The average Bonchev–Trinajstić information content (AvgIpc) is 2.72. The number of ketones is 1. The Kier molecular flexibility index (Phi) is 5.78. The molecule has 1 aliphatic heterocycles. The maximum atomic E-state index is 12.3. The van der Waals surface area contributed by atoms with E-state index in [0.29, 0.717) is 6.54 Å². The standard InChI is InChI=1S/C18H27NO/c1-3-15-6-5-12-19(13-11-15)14-18(20)17-9-7-16(4-2)8-10-17/h7-10,15H,3-6,11-14H2,1-2H3. The Labute approximate surface area is 123 Å². The highest BCUT2D eigenvalue weighted by Crippen LogP contribution is 2.20. The monoisotopic (exact) mass is 273 g/mol. The van der Waals surface area contributed by atoms with Crippen LogP contribution in [0.15, 0.2) is 24.3 Å². The molecule has 0 N–H and O–H groups in total. The average molecular weight is 273 g/mol. The molecule has 1 fully saturated rings. The molecule has 1 heterocycles. The van der Waals surface area contributed by atoms with Crippen molar-refractivity contribution in [1.29, 1.82) is 0 Å². The van der Waals surface area contributed by atoms with Crippen molar-refractivity contribution in [3.63, 3.8) is 0 Å². The van der Waals surface area contributed by atoms with Crippen LogP contribution in [0.2, 0.25) is 0 Å². The number of hydrogen-bond acceptors (Lipinski definition) is 2. The quantitative estimate of drug-likeness (QED) is 0.757. The van der Waals surface area contributed by atoms with Gasteiger partial charge in [-0.05, 0) is 50.3 Å². The van der Waals surface area contributed by atoms with E-state index in [4.69, 9.17) is 0 Å². The smallest absolute Gasteiger partial charge is 0.176 e. The number of nitrogens with zero attached hydrogens (tertiary/aromatic N) is 1. The fourth-order valence-electron chi connectivity index (χ4n) is 3.01. The van der Waals surface area contributed by atoms with Crippen molar-refractivity contribution in [3.8, 4) is 0 Å². The van der Waals surface area contributed by atoms with Crippen LogP contribution in [0.25, 0.3) is 0 Å². The lowest BCUT2D eigenvalue weighted by molar-refractivity contribution is 0.0932. The van der Waals surface area contributed by atoms with Crippen molar-refractivity contribution in [2.75, 3.05) is 19.6 Å². The zero-order chi connectivity index (χ0) is 14.4. The number of hydrogen-bond donors (Lipinski definition) is 0. The first-order valence-electron chi connectivity index (χ1n) is 8.07. The van der Waals surface area contributed by atoms with Crippen LogP contribution >= 0.6 is 0 Å². The normalized spacial score (nSPS) is 20.6. The Morgan fingerprint density at radius 3 is 2.55 bits per heavy atom. The third-order valence-electron chi connectivity index (χ3n) is 4.57. The highest BCUT2D eigenvalue weighted by molar-refractivity contribution is 5.97. The van der Waals surface area contributed by atoms with Gasteiger partial charge in [0.2, 0.25) is 0 Å². The van der Waals surface area contributed by atoms with Gasteiger partial charge in [-0.1, -0.05) is 44.5 Å². The van der Waals surface area contributed by atoms with Crippen molar-refractivity contribution in [2.45, 2.75) is 46.0 Å². The molecule has 2 nitrogen and oxygen atoms in total. The predicted octanol–water partition coefficient (Wildman–Crippen LogP) is 3.94. The van der Waals surface area contributed by atoms with Crippen LogP contribution in [0.5, 0.6) is 0 Å². The second-order valence-electron chi connectivity index (χ2n) is 5.95. The minimum Gasteiger partial charge on any atom is -0.296 e. The van der Waals surface area contributed by atoms with Crippen molar-refractivity contribution in [3.05, 3.63) is 35.4 Å². The summed E-state index contributed by atoms with van der Waals surface area (Å²) in [5, 5.41) is 0. The molecule has 1 aliphatic rings. The SMILES string of the molecule is CCc1ccc(C(=O)CN2CCCC(CC)CC2)cc1. The maximum absolute atomic E-state index is 12.3. The summed E-state index contributed by atoms with van der Waals surface area (Å²) >= 11 is 0. The molecule has 1 aromatic carbocycles. The van der Waals surface area contributed by atoms with E-state index >= 15 is 0 Å². The zero-order valence-electron chi connectivity index (χ0n) is 12.9. The summed E-state index contributed by atoms with van der Waals surface area (Å²) in [6, 6.07) is 8.10. The first-order chi connectivity index (χ1) is 9.72. The Bertz CT molecular complexity index is 424. The zero-order valence-corrected chi connectivity index (χ0v) is 12.9. The van der Waals surface area contributed by atoms with Crippen molar-refractivity contribution in [1.82, 2.24) is 4.90 Å². The van der Waals surface area contributed by atoms with Crippen molar-refractivity contribution < 1.29 is 4.79 Å². The number of rotatable bonds is 5. The molecule has 2 heteroatoms. The minimum atomic E-state index is 0.266. The van der Waals surface area contributed by atoms with Crippen molar-refractivity contribution >= 4 is 5.78 Å². The third kappa shape index (κ3) is 4.17. The van der Waals surface area contributed by atoms with E-state index in [2.05, 4.69) is 30.9 Å². The number of benzene rings is 1. The van der Waals surface area contributed by atoms with E-state index in [-0.39, 0.29) is 5.78 Å². The summed E-state index contributed by atoms with van der Waals surface area (Å²) < 4.78 is 0. The van der Waals surface area contributed by atoms with Gasteiger partial charge in [0.05, 0.1) is 6.54 Å². The first kappa shape index (κ1) is 15.2. The lowest BCUT2D eigenvalue weighted by Crippen LogP contribution is -2.31. The van der Waals surface area contributed by atoms with Gasteiger partial charge in [-0.2, -0.15) is 0 Å². The van der Waals surface area contributed by atoms with Gasteiger partial charge in [-0.15, -0.1) is 0 Å². The number of aryl methyl sites for hydroxylation is 1. The second kappa shape index (κ2) is 7.58. The lowest BCUT2D eigenvalue weighted by Gasteiger charge is -2.19. The Morgan fingerprint density at radius 1 is 1.15 bits per heavy atom. The molecule has 1 unspecified atom stereocenters. The van der Waals surface area contributed by atoms with Crippen LogP contribution in [0, 0.1) is 5.92 Å². The molecular weight excluding hydrogens is 246 g/mol. The Morgan fingerprint density at radius 2 is 1.90 bits per heavy atom. The predicted molar refractivity (Wildman–Crippen MR) is 84.2 cm³/mol. The maximum Gasteiger partial charge on any atom is 0.176 e. The molecule has 0 amide bonds. The highest BCUT2D eigenvalue weighted by Gasteiger charge is 2.18. The lowest BCUT2D eigenvalue weighted by atomic mass is 9.98. The van der Waals surface area contributed by atoms with Gasteiger partial charge in [0.15, 0.2) is 5.78 Å². The number of likely N-dealkylation sites (tertiary alicyclic amines) is 1. The van der Waals surface area contributed by atoms with Gasteiger partial charge in [0.1, 0.15) is 0 Å². The van der Waals surface area contributed by atoms with Crippen LogP contribution in [-0.2, 0) is 6.42 Å². The molecule has 0 aliphatic carbocycles. The summed E-state index contributed by atoms with van der Waals surface area (Å²) in [5.41, 5.74) is 2.15. The molecule has 1 aromatic rings. The van der Waals surface area contributed by atoms with Gasteiger partial charge >= 0.3 is 0 Å². The molecule has 0 radical (unpaired) electrons. The van der Waals surface area contributed by atoms with Gasteiger partial charge in [0, 0.05) is 5.56 Å². The van der Waals surface area contributed by atoms with E-state index in [0.717, 1.165) is 31.0 Å². The van der Waals surface area contributed by atoms with Gasteiger partial charge in [0.25, 0.3) is 0 Å². The Hall–Kier alpha value is -1.15. The molecule has 110 valence electrons. The van der Waals surface area contributed by atoms with Crippen LogP contribution in [0.1, 0.15) is 55.5 Å². The topological polar surface area (TPSA) is 20.3 Å². The van der Waals surface area contributed by atoms with Crippen LogP contribution in [0.3, 0.4) is 0 Å². The molecule has 1 atom stereocenters. The summed E-state index contributed by atoms with van der Waals surface area (Å²) in [7, 11) is 0. The van der Waals surface area contributed by atoms with Crippen LogP contribution in [0.4, 0.5) is 0 Å². The number of carbonyl (C=O) groups excluding carboxylic acids is 1. The molecule has 0 saturated carbocycles. The summed E-state index contributed by atoms with van der Waals surface area (Å²) in [4.78, 5) is 14.7. The van der Waals surface area contributed by atoms with Gasteiger partial charge < -0.3 is 0 Å². The van der Waals surface area contributed by atoms with E-state index in [1.165, 1.54) is 31.2 Å². The van der Waals surface area contributed by atoms with Gasteiger partial charge in [-0.25, -0.2) is 0 Å². The minimum absolute atomic E-state index is 0.266. The summed E-state index contributed by atoms with van der Waals surface area (Å²) in [6.07, 6.45) is 6.12. The van der Waals surface area contributed by atoms with E-state index in [1.54, 1.807) is 0 Å². The fraction of sp³-hybridized carbons (Fsp3) is 0.611. The number of carbonyl (C=O) groups is 1. The van der Waals surface area contributed by atoms with E-state index in [9.17, 15) is 4.79 Å². The summed E-state index contributed by atoms with van der Waals surface area (Å²) in [5.74, 6) is 1.13. The molecule has 1 saturated heterocycles. The van der Waals surface area contributed by atoms with Crippen LogP contribution < -0.4 is 0 Å². The Balaban J connectivity index is 1.90. The van der Waals surface area contributed by atoms with Crippen molar-refractivity contribution in [2.24, 2.45) is 5.92 Å². The molecular formula is C18H27NO. The van der Waals surface area contributed by atoms with Crippen LogP contribution in [-0.4, -0.2) is 30.3 Å². The molecule has 20 heavy (non-hydrogen) atoms. The number of Topliss-reactive ketones (excluding diaryl/α,β-unsaturated/α-hetero) is 1. The molecule has 2 rings (SSSR count). The second-order valence-corrected chi connectivity index (χ2v) is 5.95. The van der Waals surface area contributed by atoms with E-state index < -0.39 is 0 Å². The van der Waals surface area contributed by atoms with Gasteiger partial charge in [-0.3, -0.25) is 9.69 Å². The summed E-state index contributed by atoms with van der Waals surface area (Å²) in [6.45, 7) is 7.16. The third-order valence-corrected chi connectivity index (χ3v) is 4.57. The largest absolute Gasteiger partial charge is 0.296 e. The van der Waals surface area contributed by atoms with E-state index in [1.807, 2.05) is 12.1 Å². The molecule has 0 bridgehead atoms. The fourth-order valence-corrected chi connectivity index (χ4v) is 3.01.